The van der Waals surface area contributed by atoms with E-state index in [0.29, 0.717) is 32.2 Å². The van der Waals surface area contributed by atoms with Crippen molar-refractivity contribution >= 4 is 5.96 Å². The highest BCUT2D eigenvalue weighted by Crippen LogP contribution is 2.14. The first-order chi connectivity index (χ1) is 13.3. The molecule has 0 aliphatic carbocycles. The third-order valence-electron chi connectivity index (χ3n) is 3.75. The molecule has 146 valence electrons. The Kier molecular flexibility index (Phi) is 8.92. The predicted molar refractivity (Wildman–Crippen MR) is 106 cm³/mol. The second-order valence-corrected chi connectivity index (χ2v) is 5.71. The minimum Gasteiger partial charge on any atom is -0.497 e. The molecule has 0 amide bonds. The summed E-state index contributed by atoms with van der Waals surface area (Å²) >= 11 is 0. The lowest BCUT2D eigenvalue weighted by Crippen LogP contribution is -2.36. The van der Waals surface area contributed by atoms with Crippen LogP contribution in [0.4, 0.5) is 0 Å². The second kappa shape index (κ2) is 11.7. The van der Waals surface area contributed by atoms with Crippen molar-refractivity contribution < 1.29 is 14.2 Å². The summed E-state index contributed by atoms with van der Waals surface area (Å²) in [5, 5.41) is 6.57. The van der Waals surface area contributed by atoms with Gasteiger partial charge in [-0.05, 0) is 30.7 Å². The Morgan fingerprint density at radius 2 is 1.89 bits per heavy atom. The Morgan fingerprint density at radius 3 is 2.59 bits per heavy atom. The fourth-order valence-corrected chi connectivity index (χ4v) is 2.33. The van der Waals surface area contributed by atoms with E-state index < -0.39 is 0 Å². The molecule has 0 radical (unpaired) electrons. The monoisotopic (exact) mass is 372 g/mol. The molecule has 1 aromatic heterocycles. The van der Waals surface area contributed by atoms with Crippen LogP contribution >= 0.6 is 0 Å². The van der Waals surface area contributed by atoms with Gasteiger partial charge < -0.3 is 24.8 Å². The first-order valence-corrected chi connectivity index (χ1v) is 8.97. The molecule has 0 bridgehead atoms. The van der Waals surface area contributed by atoms with E-state index in [1.807, 2.05) is 43.3 Å². The predicted octanol–water partition coefficient (Wildman–Crippen LogP) is 2.37. The lowest BCUT2D eigenvalue weighted by Gasteiger charge is -2.14. The molecule has 0 spiro atoms. The maximum atomic E-state index is 5.67. The summed E-state index contributed by atoms with van der Waals surface area (Å²) in [5.41, 5.74) is 2.07. The van der Waals surface area contributed by atoms with Gasteiger partial charge in [-0.3, -0.25) is 0 Å². The van der Waals surface area contributed by atoms with Gasteiger partial charge in [0.2, 0.25) is 5.88 Å². The van der Waals surface area contributed by atoms with Crippen LogP contribution in [0.5, 0.6) is 11.6 Å². The number of benzene rings is 1. The molecule has 0 saturated carbocycles. The number of nitrogens with one attached hydrogen (secondary N) is 2. The van der Waals surface area contributed by atoms with Gasteiger partial charge in [0.05, 0.1) is 20.3 Å². The van der Waals surface area contributed by atoms with Gasteiger partial charge >= 0.3 is 0 Å². The fraction of sp³-hybridized carbons (Fsp3) is 0.400. The average molecular weight is 372 g/mol. The number of rotatable bonds is 10. The number of hydrogen-bond acceptors (Lipinski definition) is 5. The van der Waals surface area contributed by atoms with Crippen LogP contribution in [-0.2, 0) is 17.8 Å². The first kappa shape index (κ1) is 20.5. The molecule has 2 rings (SSSR count). The molecule has 0 atom stereocenters. The van der Waals surface area contributed by atoms with Crippen molar-refractivity contribution in [2.45, 2.75) is 20.0 Å². The molecule has 2 N–H and O–H groups in total. The topological polar surface area (TPSA) is 77.0 Å². The van der Waals surface area contributed by atoms with Gasteiger partial charge in [-0.25, -0.2) is 9.98 Å². The van der Waals surface area contributed by atoms with Crippen LogP contribution in [0, 0.1) is 0 Å². The molecule has 0 saturated heterocycles. The normalized spacial score (nSPS) is 11.1. The SMILES string of the molecule is CCNC(=NCc1ccc(OC)cc1)NCc1cccnc1OCCOC. The zero-order valence-corrected chi connectivity index (χ0v) is 16.2. The molecule has 2 aromatic rings. The van der Waals surface area contributed by atoms with E-state index in [-0.39, 0.29) is 0 Å². The van der Waals surface area contributed by atoms with Gasteiger partial charge in [-0.2, -0.15) is 0 Å². The van der Waals surface area contributed by atoms with Crippen LogP contribution in [0.25, 0.3) is 0 Å². The second-order valence-electron chi connectivity index (χ2n) is 5.71. The maximum absolute atomic E-state index is 5.67. The van der Waals surface area contributed by atoms with Crippen LogP contribution in [0.1, 0.15) is 18.1 Å². The van der Waals surface area contributed by atoms with Crippen molar-refractivity contribution in [1.82, 2.24) is 15.6 Å². The molecule has 0 fully saturated rings. The first-order valence-electron chi connectivity index (χ1n) is 8.97. The van der Waals surface area contributed by atoms with Crippen molar-refractivity contribution in [3.05, 3.63) is 53.7 Å². The summed E-state index contributed by atoms with van der Waals surface area (Å²) in [7, 11) is 3.30. The van der Waals surface area contributed by atoms with E-state index in [1.165, 1.54) is 0 Å². The molecule has 7 nitrogen and oxygen atoms in total. The summed E-state index contributed by atoms with van der Waals surface area (Å²) in [6, 6.07) is 11.8. The Morgan fingerprint density at radius 1 is 1.07 bits per heavy atom. The highest BCUT2D eigenvalue weighted by molar-refractivity contribution is 5.79. The lowest BCUT2D eigenvalue weighted by atomic mass is 10.2. The van der Waals surface area contributed by atoms with Crippen molar-refractivity contribution in [2.24, 2.45) is 4.99 Å². The number of aromatic nitrogens is 1. The average Bonchev–Trinajstić information content (AvgIpc) is 2.71. The molecule has 1 aromatic carbocycles. The van der Waals surface area contributed by atoms with Crippen LogP contribution in [0.3, 0.4) is 0 Å². The van der Waals surface area contributed by atoms with Crippen molar-refractivity contribution in [1.29, 1.82) is 0 Å². The molecule has 1 heterocycles. The summed E-state index contributed by atoms with van der Waals surface area (Å²) in [6.45, 7) is 4.93. The van der Waals surface area contributed by atoms with Gasteiger partial charge in [-0.15, -0.1) is 0 Å². The number of methoxy groups -OCH3 is 2. The molecule has 0 aliphatic rings. The Hall–Kier alpha value is -2.80. The van der Waals surface area contributed by atoms with E-state index in [2.05, 4.69) is 20.6 Å². The fourth-order valence-electron chi connectivity index (χ4n) is 2.33. The summed E-state index contributed by atoms with van der Waals surface area (Å²) in [6.07, 6.45) is 1.72. The Labute approximate surface area is 160 Å². The van der Waals surface area contributed by atoms with Crippen LogP contribution in [0.15, 0.2) is 47.6 Å². The van der Waals surface area contributed by atoms with Gasteiger partial charge in [0.25, 0.3) is 0 Å². The van der Waals surface area contributed by atoms with E-state index in [0.717, 1.165) is 29.4 Å². The summed E-state index contributed by atoms with van der Waals surface area (Å²) in [4.78, 5) is 8.93. The quantitative estimate of drug-likeness (QED) is 0.379. The highest BCUT2D eigenvalue weighted by atomic mass is 16.5. The molecule has 0 unspecified atom stereocenters. The van der Waals surface area contributed by atoms with Crippen LogP contribution < -0.4 is 20.1 Å². The van der Waals surface area contributed by atoms with Gasteiger partial charge in [0.1, 0.15) is 12.4 Å². The number of ether oxygens (including phenoxy) is 3. The zero-order valence-electron chi connectivity index (χ0n) is 16.2. The van der Waals surface area contributed by atoms with Gasteiger partial charge in [0, 0.05) is 32.0 Å². The van der Waals surface area contributed by atoms with E-state index >= 15 is 0 Å². The molecule has 27 heavy (non-hydrogen) atoms. The van der Waals surface area contributed by atoms with E-state index in [4.69, 9.17) is 14.2 Å². The minimum absolute atomic E-state index is 0.464. The maximum Gasteiger partial charge on any atom is 0.218 e. The number of aliphatic imine (C=N–C) groups is 1. The number of hydrogen-bond donors (Lipinski definition) is 2. The third kappa shape index (κ3) is 7.15. The van der Waals surface area contributed by atoms with E-state index in [1.54, 1.807) is 20.4 Å². The number of nitrogens with zero attached hydrogens (tertiary/aromatic N) is 2. The largest absolute Gasteiger partial charge is 0.497 e. The molecule has 0 aliphatic heterocycles. The summed E-state index contributed by atoms with van der Waals surface area (Å²) in [5.74, 6) is 2.18. The zero-order chi connectivity index (χ0) is 19.3. The lowest BCUT2D eigenvalue weighted by molar-refractivity contribution is 0.143. The van der Waals surface area contributed by atoms with E-state index in [9.17, 15) is 0 Å². The van der Waals surface area contributed by atoms with Crippen LogP contribution in [-0.4, -0.2) is 44.9 Å². The van der Waals surface area contributed by atoms with Crippen LogP contribution in [0.2, 0.25) is 0 Å². The van der Waals surface area contributed by atoms with Gasteiger partial charge in [-0.1, -0.05) is 18.2 Å². The van der Waals surface area contributed by atoms with Crippen molar-refractivity contribution in [3.63, 3.8) is 0 Å². The Bertz CT molecular complexity index is 705. The molecular weight excluding hydrogens is 344 g/mol. The Balaban J connectivity index is 1.97. The molecular formula is C20H28N4O3. The van der Waals surface area contributed by atoms with Crippen molar-refractivity contribution in [2.75, 3.05) is 34.0 Å². The third-order valence-corrected chi connectivity index (χ3v) is 3.75. The van der Waals surface area contributed by atoms with Gasteiger partial charge in [0.15, 0.2) is 5.96 Å². The molecule has 7 heteroatoms. The smallest absolute Gasteiger partial charge is 0.218 e. The van der Waals surface area contributed by atoms with Crippen molar-refractivity contribution in [3.8, 4) is 11.6 Å². The number of pyridine rings is 1. The summed E-state index contributed by atoms with van der Waals surface area (Å²) < 4.78 is 15.9. The highest BCUT2D eigenvalue weighted by Gasteiger charge is 2.06. The standard InChI is InChI=1S/C20H28N4O3/c1-4-21-20(23-14-16-7-9-18(26-3)10-8-16)24-15-17-6-5-11-22-19(17)27-13-12-25-2/h5-11H,4,12-15H2,1-3H3,(H2,21,23,24). The number of guanidine groups is 1. The minimum atomic E-state index is 0.464.